The van der Waals surface area contributed by atoms with Gasteiger partial charge in [-0.1, -0.05) is 58.3 Å². The summed E-state index contributed by atoms with van der Waals surface area (Å²) in [5.74, 6) is 1.35. The topological polar surface area (TPSA) is 102 Å². The molecule has 0 spiro atoms. The molecular formula is C25H28N4O4S. The number of nitrogens with zero attached hydrogens (tertiary/aromatic N) is 4. The quantitative estimate of drug-likeness (QED) is 0.352. The van der Waals surface area contributed by atoms with Crippen molar-refractivity contribution in [2.24, 2.45) is 0 Å². The van der Waals surface area contributed by atoms with Crippen LogP contribution in [0.25, 0.3) is 0 Å². The summed E-state index contributed by atoms with van der Waals surface area (Å²) >= 11 is 0. The van der Waals surface area contributed by atoms with E-state index in [0.717, 1.165) is 22.3 Å². The maximum absolute atomic E-state index is 13.8. The zero-order valence-electron chi connectivity index (χ0n) is 19.8. The van der Waals surface area contributed by atoms with Gasteiger partial charge in [-0.15, -0.1) is 0 Å². The average molecular weight is 481 g/mol. The molecule has 9 heteroatoms. The lowest BCUT2D eigenvalue weighted by Gasteiger charge is -2.23. The Morgan fingerprint density at radius 3 is 2.26 bits per heavy atom. The maximum Gasteiger partial charge on any atom is 0.244 e. The number of hydrogen-bond donors (Lipinski definition) is 0. The molecule has 2 aromatic heterocycles. The zero-order chi connectivity index (χ0) is 24.3. The summed E-state index contributed by atoms with van der Waals surface area (Å²) in [5.41, 5.74) is 4.19. The van der Waals surface area contributed by atoms with E-state index < -0.39 is 10.0 Å². The molecule has 0 amide bonds. The van der Waals surface area contributed by atoms with Gasteiger partial charge >= 0.3 is 0 Å². The van der Waals surface area contributed by atoms with Gasteiger partial charge in [0.15, 0.2) is 5.82 Å². The van der Waals surface area contributed by atoms with Crippen molar-refractivity contribution in [3.63, 3.8) is 0 Å². The Balaban J connectivity index is 1.62. The lowest BCUT2D eigenvalue weighted by molar-refractivity contribution is 0.315. The van der Waals surface area contributed by atoms with Crippen LogP contribution in [0.2, 0.25) is 0 Å². The van der Waals surface area contributed by atoms with E-state index in [-0.39, 0.29) is 19.0 Å². The Hall–Kier alpha value is -3.30. The van der Waals surface area contributed by atoms with Gasteiger partial charge in [0.2, 0.25) is 15.9 Å². The summed E-state index contributed by atoms with van der Waals surface area (Å²) in [7, 11) is -3.82. The highest BCUT2D eigenvalue weighted by Gasteiger charge is 2.29. The predicted molar refractivity (Wildman–Crippen MR) is 127 cm³/mol. The maximum atomic E-state index is 13.8. The van der Waals surface area contributed by atoms with Gasteiger partial charge in [-0.05, 0) is 50.8 Å². The summed E-state index contributed by atoms with van der Waals surface area (Å²) in [6, 6.07) is 15.4. The summed E-state index contributed by atoms with van der Waals surface area (Å²) in [6.45, 7) is 7.68. The molecule has 0 aliphatic rings. The first-order valence-corrected chi connectivity index (χ1v) is 12.5. The minimum atomic E-state index is -3.82. The van der Waals surface area contributed by atoms with Crippen LogP contribution in [0, 0.1) is 27.7 Å². The van der Waals surface area contributed by atoms with Crippen LogP contribution >= 0.6 is 0 Å². The second-order valence-electron chi connectivity index (χ2n) is 8.51. The third-order valence-electron chi connectivity index (χ3n) is 5.53. The van der Waals surface area contributed by atoms with Gasteiger partial charge in [0.25, 0.3) is 0 Å². The van der Waals surface area contributed by atoms with Gasteiger partial charge < -0.3 is 9.05 Å². The fraction of sp³-hybridized carbons (Fsp3) is 0.320. The smallest absolute Gasteiger partial charge is 0.244 e. The molecule has 0 saturated carbocycles. The van der Waals surface area contributed by atoms with Gasteiger partial charge in [0.1, 0.15) is 5.76 Å². The van der Waals surface area contributed by atoms with Crippen LogP contribution in [0.1, 0.15) is 45.4 Å². The van der Waals surface area contributed by atoms with Crippen molar-refractivity contribution >= 4 is 10.0 Å². The van der Waals surface area contributed by atoms with Gasteiger partial charge in [0.05, 0.1) is 23.6 Å². The van der Waals surface area contributed by atoms with E-state index in [0.29, 0.717) is 35.0 Å². The number of aryl methyl sites for hydroxylation is 4. The average Bonchev–Trinajstić information content (AvgIpc) is 3.39. The Morgan fingerprint density at radius 2 is 1.62 bits per heavy atom. The molecule has 34 heavy (non-hydrogen) atoms. The van der Waals surface area contributed by atoms with Crippen LogP contribution in [-0.4, -0.2) is 34.6 Å². The molecule has 0 saturated heterocycles. The van der Waals surface area contributed by atoms with Crippen molar-refractivity contribution in [1.82, 2.24) is 19.6 Å². The number of benzene rings is 2. The van der Waals surface area contributed by atoms with Gasteiger partial charge in [-0.3, -0.25) is 0 Å². The molecule has 0 fully saturated rings. The molecule has 2 heterocycles. The zero-order valence-corrected chi connectivity index (χ0v) is 20.6. The van der Waals surface area contributed by atoms with Crippen LogP contribution in [0.15, 0.2) is 62.5 Å². The molecular weight excluding hydrogens is 452 g/mol. The van der Waals surface area contributed by atoms with E-state index in [4.69, 9.17) is 9.05 Å². The highest BCUT2D eigenvalue weighted by molar-refractivity contribution is 7.89. The van der Waals surface area contributed by atoms with Crippen molar-refractivity contribution in [2.75, 3.05) is 6.54 Å². The molecule has 0 atom stereocenters. The third kappa shape index (κ3) is 5.43. The van der Waals surface area contributed by atoms with Crippen molar-refractivity contribution < 1.29 is 17.5 Å². The lowest BCUT2D eigenvalue weighted by Crippen LogP contribution is -2.33. The van der Waals surface area contributed by atoms with E-state index in [1.54, 1.807) is 6.07 Å². The molecule has 0 aliphatic carbocycles. The van der Waals surface area contributed by atoms with Gasteiger partial charge in [-0.25, -0.2) is 8.42 Å². The predicted octanol–water partition coefficient (Wildman–Crippen LogP) is 4.32. The van der Waals surface area contributed by atoms with Crippen molar-refractivity contribution in [1.29, 1.82) is 0 Å². The number of aromatic nitrogens is 3. The van der Waals surface area contributed by atoms with Gasteiger partial charge in [0, 0.05) is 12.6 Å². The van der Waals surface area contributed by atoms with Crippen LogP contribution in [0.3, 0.4) is 0 Å². The molecule has 8 nitrogen and oxygen atoms in total. The molecule has 4 rings (SSSR count). The molecule has 4 aromatic rings. The van der Waals surface area contributed by atoms with E-state index in [1.165, 1.54) is 4.31 Å². The minimum Gasteiger partial charge on any atom is -0.361 e. The number of rotatable bonds is 9. The summed E-state index contributed by atoms with van der Waals surface area (Å²) in [6.07, 6.45) is 0.900. The first-order valence-electron chi connectivity index (χ1n) is 11.1. The van der Waals surface area contributed by atoms with E-state index in [1.807, 2.05) is 70.2 Å². The SMILES string of the molecule is Cc1cc(C)c(S(=O)(=O)N(CCc2ccccc2)Cc2nc(Cc3cc(C)on3)no2)c(C)c1. The second kappa shape index (κ2) is 9.90. The molecule has 0 aliphatic heterocycles. The summed E-state index contributed by atoms with van der Waals surface area (Å²) in [5, 5.41) is 7.95. The first kappa shape index (κ1) is 23.8. The van der Waals surface area contributed by atoms with Gasteiger partial charge in [-0.2, -0.15) is 9.29 Å². The van der Waals surface area contributed by atoms with Crippen molar-refractivity contribution in [3.05, 3.63) is 94.0 Å². The summed E-state index contributed by atoms with van der Waals surface area (Å²) < 4.78 is 39.6. The van der Waals surface area contributed by atoms with Crippen molar-refractivity contribution in [2.45, 2.75) is 52.0 Å². The Labute approximate surface area is 199 Å². The normalized spacial score (nSPS) is 11.9. The second-order valence-corrected chi connectivity index (χ2v) is 10.4. The fourth-order valence-electron chi connectivity index (χ4n) is 4.13. The molecule has 0 radical (unpaired) electrons. The fourth-order valence-corrected chi connectivity index (χ4v) is 5.93. The summed E-state index contributed by atoms with van der Waals surface area (Å²) in [4.78, 5) is 4.73. The lowest BCUT2D eigenvalue weighted by atomic mass is 10.1. The Bertz CT molecular complexity index is 1350. The molecule has 0 bridgehead atoms. The minimum absolute atomic E-state index is 0.0211. The Kier molecular flexibility index (Phi) is 6.95. The standard InChI is InChI=1S/C25H28N4O4S/c1-17-12-18(2)25(19(3)13-17)34(30,31)29(11-10-21-8-6-5-7-9-21)16-24-26-23(28-33-24)15-22-14-20(4)32-27-22/h5-9,12-14H,10-11,15-16H2,1-4H3. The largest absolute Gasteiger partial charge is 0.361 e. The Morgan fingerprint density at radius 1 is 0.912 bits per heavy atom. The van der Waals surface area contributed by atoms with Crippen LogP contribution in [0.4, 0.5) is 0 Å². The van der Waals surface area contributed by atoms with E-state index in [9.17, 15) is 8.42 Å². The molecule has 0 unspecified atom stereocenters. The molecule has 0 N–H and O–H groups in total. The monoisotopic (exact) mass is 480 g/mol. The van der Waals surface area contributed by atoms with E-state index in [2.05, 4.69) is 15.3 Å². The van der Waals surface area contributed by atoms with Crippen LogP contribution < -0.4 is 0 Å². The third-order valence-corrected chi connectivity index (χ3v) is 7.68. The molecule has 2 aromatic carbocycles. The molecule has 178 valence electrons. The van der Waals surface area contributed by atoms with Crippen LogP contribution in [-0.2, 0) is 29.4 Å². The first-order chi connectivity index (χ1) is 16.2. The van der Waals surface area contributed by atoms with Crippen LogP contribution in [0.5, 0.6) is 0 Å². The highest BCUT2D eigenvalue weighted by Crippen LogP contribution is 2.26. The number of sulfonamides is 1. The highest BCUT2D eigenvalue weighted by atomic mass is 32.2. The van der Waals surface area contributed by atoms with Crippen molar-refractivity contribution in [3.8, 4) is 0 Å². The van der Waals surface area contributed by atoms with E-state index >= 15 is 0 Å². The number of hydrogen-bond acceptors (Lipinski definition) is 7.